The van der Waals surface area contributed by atoms with Crippen LogP contribution >= 0.6 is 11.6 Å². The van der Waals surface area contributed by atoms with Crippen LogP contribution in [0.5, 0.6) is 11.5 Å². The fraction of sp³-hybridized carbons (Fsp3) is 0. The minimum atomic E-state index is -5.00. The molecule has 0 fully saturated rings. The van der Waals surface area contributed by atoms with E-state index in [9.17, 15) is 36.2 Å². The predicted molar refractivity (Wildman–Crippen MR) is 129 cm³/mol. The summed E-state index contributed by atoms with van der Waals surface area (Å²) in [7, 11) is -9.71. The number of azo groups is 1. The van der Waals surface area contributed by atoms with Crippen molar-refractivity contribution in [1.82, 2.24) is 15.0 Å². The average molecular weight is 623 g/mol. The van der Waals surface area contributed by atoms with Crippen molar-refractivity contribution in [1.29, 1.82) is 0 Å². The second kappa shape index (κ2) is 13.6. The molecule has 0 saturated carbocycles. The Morgan fingerprint density at radius 1 is 0.825 bits per heavy atom. The van der Waals surface area contributed by atoms with Gasteiger partial charge in [-0.1, -0.05) is 47.9 Å². The molecule has 0 atom stereocenters. The number of hydrogen-bond donors (Lipinski definition) is 3. The van der Waals surface area contributed by atoms with Crippen LogP contribution in [0.4, 0.5) is 23.0 Å². The molecule has 1 aromatic heterocycles. The zero-order valence-electron chi connectivity index (χ0n) is 20.5. The first-order valence-electron chi connectivity index (χ1n) is 10.1. The molecule has 19 heteroatoms. The summed E-state index contributed by atoms with van der Waals surface area (Å²) >= 11 is 5.98. The van der Waals surface area contributed by atoms with E-state index >= 15 is 0 Å². The molecule has 0 bridgehead atoms. The Labute approximate surface area is 276 Å². The average Bonchev–Trinajstić information content (AvgIpc) is 2.84. The molecule has 196 valence electrons. The number of nitrogens with one attached hydrogen (secondary N) is 1. The van der Waals surface area contributed by atoms with Crippen LogP contribution < -0.4 is 74.6 Å². The second-order valence-electron chi connectivity index (χ2n) is 7.31. The monoisotopic (exact) mass is 622 g/mol. The van der Waals surface area contributed by atoms with Crippen molar-refractivity contribution in [3.63, 3.8) is 0 Å². The SMILES string of the molecule is O=S(=O)(O)c1ccc([O-])c(N=Nc2c(S(=O)(=O)O)ccc(Nc3nc(Cl)nc(-c4ccccc4)n3)c2[O-])c1.[Na+].[Na+]. The van der Waals surface area contributed by atoms with Gasteiger partial charge in [0.1, 0.15) is 10.6 Å². The van der Waals surface area contributed by atoms with E-state index in [0.29, 0.717) is 11.6 Å². The molecule has 0 saturated heterocycles. The topological polar surface area (TPSA) is 230 Å². The summed E-state index contributed by atoms with van der Waals surface area (Å²) in [6.07, 6.45) is 0. The Kier molecular flexibility index (Phi) is 11.6. The smallest absolute Gasteiger partial charge is 0.871 e. The molecule has 14 nitrogen and oxygen atoms in total. The van der Waals surface area contributed by atoms with E-state index in [1.807, 2.05) is 0 Å². The van der Waals surface area contributed by atoms with Crippen LogP contribution in [0, 0.1) is 0 Å². The van der Waals surface area contributed by atoms with Gasteiger partial charge in [0, 0.05) is 11.3 Å². The Morgan fingerprint density at radius 3 is 2.12 bits per heavy atom. The van der Waals surface area contributed by atoms with Gasteiger partial charge in [-0.3, -0.25) is 9.11 Å². The molecule has 0 aliphatic heterocycles. The van der Waals surface area contributed by atoms with Gasteiger partial charge in [0.25, 0.3) is 20.2 Å². The quantitative estimate of drug-likeness (QED) is 0.106. The zero-order valence-corrected chi connectivity index (χ0v) is 26.9. The number of aromatic nitrogens is 3. The van der Waals surface area contributed by atoms with Crippen LogP contribution in [0.2, 0.25) is 5.28 Å². The molecule has 40 heavy (non-hydrogen) atoms. The van der Waals surface area contributed by atoms with Gasteiger partial charge in [0.05, 0.1) is 10.6 Å². The van der Waals surface area contributed by atoms with Crippen LogP contribution in [-0.4, -0.2) is 40.9 Å². The third-order valence-corrected chi connectivity index (χ3v) is 6.65. The van der Waals surface area contributed by atoms with Crippen molar-refractivity contribution < 1.29 is 95.3 Å². The van der Waals surface area contributed by atoms with Crippen LogP contribution in [0.1, 0.15) is 0 Å². The zero-order chi connectivity index (χ0) is 27.7. The molecule has 0 aliphatic rings. The van der Waals surface area contributed by atoms with Gasteiger partial charge in [0.15, 0.2) is 5.82 Å². The normalized spacial score (nSPS) is 11.5. The van der Waals surface area contributed by atoms with E-state index in [4.69, 9.17) is 11.6 Å². The molecule has 3 aromatic carbocycles. The van der Waals surface area contributed by atoms with Gasteiger partial charge in [-0.05, 0) is 35.9 Å². The van der Waals surface area contributed by atoms with E-state index < -0.39 is 52.9 Å². The summed E-state index contributed by atoms with van der Waals surface area (Å²) < 4.78 is 65.2. The summed E-state index contributed by atoms with van der Waals surface area (Å²) in [5, 5.41) is 34.5. The fourth-order valence-corrected chi connectivity index (χ4v) is 4.32. The van der Waals surface area contributed by atoms with Crippen LogP contribution in [0.3, 0.4) is 0 Å². The summed E-state index contributed by atoms with van der Waals surface area (Å²) in [6, 6.07) is 12.7. The molecule has 0 aliphatic carbocycles. The van der Waals surface area contributed by atoms with Crippen molar-refractivity contribution in [2.45, 2.75) is 9.79 Å². The first kappa shape index (κ1) is 34.0. The summed E-state index contributed by atoms with van der Waals surface area (Å²) in [6.45, 7) is 0. The Balaban J connectivity index is 0.00000280. The minimum Gasteiger partial charge on any atom is -0.871 e. The van der Waals surface area contributed by atoms with Crippen molar-refractivity contribution in [3.8, 4) is 22.9 Å². The van der Waals surface area contributed by atoms with Gasteiger partial charge >= 0.3 is 59.1 Å². The maximum Gasteiger partial charge on any atom is 1.00 e. The number of anilines is 2. The number of halogens is 1. The predicted octanol–water partition coefficient (Wildman–Crippen LogP) is -3.00. The molecular weight excluding hydrogens is 610 g/mol. The molecule has 1 heterocycles. The van der Waals surface area contributed by atoms with E-state index in [1.165, 1.54) is 0 Å². The molecule has 3 N–H and O–H groups in total. The second-order valence-corrected chi connectivity index (χ2v) is 10.5. The maximum absolute atomic E-state index is 13.1. The van der Waals surface area contributed by atoms with Crippen molar-refractivity contribution in [2.24, 2.45) is 10.2 Å². The summed E-state index contributed by atoms with van der Waals surface area (Å²) in [5.41, 5.74) is -1.30. The number of rotatable bonds is 7. The van der Waals surface area contributed by atoms with Gasteiger partial charge in [-0.2, -0.15) is 36.9 Å². The molecule has 4 aromatic rings. The van der Waals surface area contributed by atoms with Gasteiger partial charge in [-0.25, -0.2) is 0 Å². The van der Waals surface area contributed by atoms with E-state index in [1.54, 1.807) is 30.3 Å². The summed E-state index contributed by atoms with van der Waals surface area (Å²) in [4.78, 5) is 10.4. The van der Waals surface area contributed by atoms with Crippen LogP contribution in [0.25, 0.3) is 11.4 Å². The van der Waals surface area contributed by atoms with Gasteiger partial charge in [0.2, 0.25) is 11.2 Å². The molecule has 0 unspecified atom stereocenters. The largest absolute Gasteiger partial charge is 1.00 e. The third kappa shape index (κ3) is 8.17. The van der Waals surface area contributed by atoms with Crippen molar-refractivity contribution >= 4 is 54.8 Å². The minimum absolute atomic E-state index is 0. The van der Waals surface area contributed by atoms with Crippen LogP contribution in [0.15, 0.2) is 80.7 Å². The Bertz CT molecular complexity index is 1800. The number of hydrogen-bond acceptors (Lipinski definition) is 12. The maximum atomic E-state index is 13.1. The van der Waals surface area contributed by atoms with E-state index in [0.717, 1.165) is 24.3 Å². The number of nitrogens with zero attached hydrogens (tertiary/aromatic N) is 5. The standard InChI is InChI=1S/C21H15ClN6O8S2.2Na/c22-20-24-19(11-4-2-1-3-5-11)25-21(26-20)23-13-7-9-16(38(34,35)36)17(18(13)30)28-27-14-10-12(37(31,32)33)6-8-15(14)29;;/h1-10,29-30H,(H,31,32,33)(H,34,35,36)(H,23,24,25,26);;/q;2*+1/p-2. The number of benzene rings is 3. The molecule has 0 radical (unpaired) electrons. The van der Waals surface area contributed by atoms with Crippen molar-refractivity contribution in [2.75, 3.05) is 5.32 Å². The van der Waals surface area contributed by atoms with Gasteiger partial charge in [-0.15, -0.1) is 5.11 Å². The molecule has 4 rings (SSSR count). The van der Waals surface area contributed by atoms with Crippen molar-refractivity contribution in [3.05, 3.63) is 65.9 Å². The Morgan fingerprint density at radius 2 is 1.50 bits per heavy atom. The van der Waals surface area contributed by atoms with Crippen LogP contribution in [-0.2, 0) is 20.2 Å². The molecular formula is C21H13ClN6Na2O8S2. The molecule has 0 amide bonds. The summed E-state index contributed by atoms with van der Waals surface area (Å²) in [5.74, 6) is -1.99. The van der Waals surface area contributed by atoms with E-state index in [-0.39, 0.29) is 81.9 Å². The molecule has 0 spiro atoms. The van der Waals surface area contributed by atoms with E-state index in [2.05, 4.69) is 30.5 Å². The first-order valence-corrected chi connectivity index (χ1v) is 13.3. The van der Waals surface area contributed by atoms with Gasteiger partial charge < -0.3 is 15.5 Å². The fourth-order valence-electron chi connectivity index (χ4n) is 3.04. The Hall–Kier alpha value is -2.22. The first-order chi connectivity index (χ1) is 17.8. The third-order valence-electron chi connectivity index (χ3n) is 4.74.